The zero-order valence-electron chi connectivity index (χ0n) is 14.4. The fourth-order valence-electron chi connectivity index (χ4n) is 2.69. The highest BCUT2D eigenvalue weighted by Gasteiger charge is 2.20. The molecule has 3 rings (SSSR count). The molecule has 132 valence electrons. The van der Waals surface area contributed by atoms with Gasteiger partial charge in [0, 0.05) is 6.20 Å². The highest BCUT2D eigenvalue weighted by Crippen LogP contribution is 2.22. The average molecular weight is 366 g/mol. The normalized spacial score (nSPS) is 12.0. The van der Waals surface area contributed by atoms with E-state index in [4.69, 9.17) is 11.6 Å². The van der Waals surface area contributed by atoms with Gasteiger partial charge in [-0.2, -0.15) is 0 Å². The van der Waals surface area contributed by atoms with Crippen LogP contribution in [0, 0.1) is 0 Å². The number of halogens is 1. The van der Waals surface area contributed by atoms with Gasteiger partial charge in [-0.1, -0.05) is 72.3 Å². The second-order valence-corrected chi connectivity index (χ2v) is 6.43. The SMILES string of the molecule is CC(NC(c1ccccc1)c1ccccc1)C(=O)Nc1ccc(Cl)cn1. The van der Waals surface area contributed by atoms with E-state index in [0.29, 0.717) is 10.8 Å². The zero-order valence-corrected chi connectivity index (χ0v) is 15.1. The molecular weight excluding hydrogens is 346 g/mol. The third-order valence-electron chi connectivity index (χ3n) is 4.05. The maximum Gasteiger partial charge on any atom is 0.242 e. The van der Waals surface area contributed by atoms with Crippen molar-refractivity contribution in [1.82, 2.24) is 10.3 Å². The molecule has 1 aromatic heterocycles. The molecular formula is C21H20ClN3O. The Bertz CT molecular complexity index is 799. The number of benzene rings is 2. The number of amides is 1. The number of pyridine rings is 1. The minimum Gasteiger partial charge on any atom is -0.309 e. The molecule has 0 aliphatic carbocycles. The van der Waals surface area contributed by atoms with E-state index in [2.05, 4.69) is 39.9 Å². The second kappa shape index (κ2) is 8.61. The van der Waals surface area contributed by atoms with Gasteiger partial charge in [-0.05, 0) is 30.2 Å². The molecule has 0 fully saturated rings. The van der Waals surface area contributed by atoms with E-state index in [-0.39, 0.29) is 11.9 Å². The van der Waals surface area contributed by atoms with E-state index in [0.717, 1.165) is 11.1 Å². The summed E-state index contributed by atoms with van der Waals surface area (Å²) < 4.78 is 0. The summed E-state index contributed by atoms with van der Waals surface area (Å²) in [6.07, 6.45) is 1.51. The Morgan fingerprint density at radius 3 is 2.00 bits per heavy atom. The van der Waals surface area contributed by atoms with Crippen LogP contribution in [0.25, 0.3) is 0 Å². The van der Waals surface area contributed by atoms with Crippen molar-refractivity contribution in [2.45, 2.75) is 19.0 Å². The zero-order chi connectivity index (χ0) is 18.4. The van der Waals surface area contributed by atoms with Crippen LogP contribution in [0.2, 0.25) is 5.02 Å². The first kappa shape index (κ1) is 18.1. The van der Waals surface area contributed by atoms with Crippen molar-refractivity contribution < 1.29 is 4.79 Å². The van der Waals surface area contributed by atoms with E-state index in [1.165, 1.54) is 6.20 Å². The second-order valence-electron chi connectivity index (χ2n) is 5.99. The van der Waals surface area contributed by atoms with Gasteiger partial charge in [0.1, 0.15) is 5.82 Å². The van der Waals surface area contributed by atoms with E-state index in [1.807, 2.05) is 43.3 Å². The van der Waals surface area contributed by atoms with Gasteiger partial charge in [-0.25, -0.2) is 4.98 Å². The van der Waals surface area contributed by atoms with Crippen molar-refractivity contribution in [1.29, 1.82) is 0 Å². The van der Waals surface area contributed by atoms with Crippen LogP contribution in [-0.2, 0) is 4.79 Å². The Morgan fingerprint density at radius 1 is 0.923 bits per heavy atom. The number of nitrogens with one attached hydrogen (secondary N) is 2. The Labute approximate surface area is 158 Å². The van der Waals surface area contributed by atoms with Crippen LogP contribution in [0.4, 0.5) is 5.82 Å². The lowest BCUT2D eigenvalue weighted by atomic mass is 9.98. The minimum atomic E-state index is -0.419. The van der Waals surface area contributed by atoms with Crippen LogP contribution in [-0.4, -0.2) is 16.9 Å². The van der Waals surface area contributed by atoms with Gasteiger partial charge in [0.2, 0.25) is 5.91 Å². The largest absolute Gasteiger partial charge is 0.309 e. The van der Waals surface area contributed by atoms with Gasteiger partial charge in [0.05, 0.1) is 17.1 Å². The molecule has 4 nitrogen and oxygen atoms in total. The first-order chi connectivity index (χ1) is 12.6. The van der Waals surface area contributed by atoms with Crippen molar-refractivity contribution >= 4 is 23.3 Å². The highest BCUT2D eigenvalue weighted by atomic mass is 35.5. The lowest BCUT2D eigenvalue weighted by Crippen LogP contribution is -2.40. The maximum atomic E-state index is 12.5. The minimum absolute atomic E-state index is 0.0867. The molecule has 5 heteroatoms. The molecule has 2 aromatic carbocycles. The number of aromatic nitrogens is 1. The molecule has 0 aliphatic rings. The van der Waals surface area contributed by atoms with Gasteiger partial charge in [0.25, 0.3) is 0 Å². The molecule has 0 spiro atoms. The van der Waals surface area contributed by atoms with Crippen molar-refractivity contribution in [2.75, 3.05) is 5.32 Å². The highest BCUT2D eigenvalue weighted by molar-refractivity contribution is 6.30. The fourth-order valence-corrected chi connectivity index (χ4v) is 2.80. The summed E-state index contributed by atoms with van der Waals surface area (Å²) in [7, 11) is 0. The van der Waals surface area contributed by atoms with Gasteiger partial charge in [-0.3, -0.25) is 10.1 Å². The molecule has 2 N–H and O–H groups in total. The first-order valence-corrected chi connectivity index (χ1v) is 8.79. The molecule has 1 amide bonds. The van der Waals surface area contributed by atoms with Gasteiger partial charge < -0.3 is 5.32 Å². The Balaban J connectivity index is 1.75. The number of anilines is 1. The Hall–Kier alpha value is -2.69. The molecule has 1 unspecified atom stereocenters. The summed E-state index contributed by atoms with van der Waals surface area (Å²) in [6.45, 7) is 1.84. The number of hydrogen-bond acceptors (Lipinski definition) is 3. The van der Waals surface area contributed by atoms with Crippen LogP contribution in [0.15, 0.2) is 79.0 Å². The molecule has 0 saturated carbocycles. The number of carbonyl (C=O) groups is 1. The molecule has 26 heavy (non-hydrogen) atoms. The summed E-state index contributed by atoms with van der Waals surface area (Å²) in [5, 5.41) is 6.75. The molecule has 0 saturated heterocycles. The fraction of sp³-hybridized carbons (Fsp3) is 0.143. The molecule has 1 heterocycles. The van der Waals surface area contributed by atoms with Crippen LogP contribution in [0.1, 0.15) is 24.1 Å². The number of rotatable bonds is 6. The summed E-state index contributed by atoms with van der Waals surface area (Å²) in [6, 6.07) is 23.0. The van der Waals surface area contributed by atoms with Gasteiger partial charge >= 0.3 is 0 Å². The quantitative estimate of drug-likeness (QED) is 0.679. The lowest BCUT2D eigenvalue weighted by Gasteiger charge is -2.24. The first-order valence-electron chi connectivity index (χ1n) is 8.42. The van der Waals surface area contributed by atoms with Crippen LogP contribution in [0.5, 0.6) is 0 Å². The van der Waals surface area contributed by atoms with Crippen molar-refractivity contribution in [3.05, 3.63) is 95.1 Å². The van der Waals surface area contributed by atoms with Crippen molar-refractivity contribution in [3.63, 3.8) is 0 Å². The Kier molecular flexibility index (Phi) is 6.00. The maximum absolute atomic E-state index is 12.5. The van der Waals surface area contributed by atoms with Crippen LogP contribution < -0.4 is 10.6 Å². The third kappa shape index (κ3) is 4.69. The standard InChI is InChI=1S/C21H20ClN3O/c1-15(21(26)25-19-13-12-18(22)14-23-19)24-20(16-8-4-2-5-9-16)17-10-6-3-7-11-17/h2-15,20,24H,1H3,(H,23,25,26). The van der Waals surface area contributed by atoms with Crippen LogP contribution in [0.3, 0.4) is 0 Å². The van der Waals surface area contributed by atoms with Crippen molar-refractivity contribution in [2.24, 2.45) is 0 Å². The van der Waals surface area contributed by atoms with E-state index in [9.17, 15) is 4.79 Å². The summed E-state index contributed by atoms with van der Waals surface area (Å²) in [4.78, 5) is 16.7. The predicted molar refractivity (Wildman–Crippen MR) is 105 cm³/mol. The summed E-state index contributed by atoms with van der Waals surface area (Å²) in [5.74, 6) is 0.320. The molecule has 1 atom stereocenters. The smallest absolute Gasteiger partial charge is 0.242 e. The number of carbonyl (C=O) groups excluding carboxylic acids is 1. The van der Waals surface area contributed by atoms with Gasteiger partial charge in [-0.15, -0.1) is 0 Å². The Morgan fingerprint density at radius 2 is 1.50 bits per heavy atom. The summed E-state index contributed by atoms with van der Waals surface area (Å²) in [5.41, 5.74) is 2.20. The summed E-state index contributed by atoms with van der Waals surface area (Å²) >= 11 is 5.83. The average Bonchev–Trinajstić information content (AvgIpc) is 2.69. The number of nitrogens with zero attached hydrogens (tertiary/aromatic N) is 1. The third-order valence-corrected chi connectivity index (χ3v) is 4.28. The lowest BCUT2D eigenvalue weighted by molar-refractivity contribution is -0.117. The van der Waals surface area contributed by atoms with Crippen LogP contribution >= 0.6 is 11.6 Å². The monoisotopic (exact) mass is 365 g/mol. The van der Waals surface area contributed by atoms with E-state index in [1.54, 1.807) is 12.1 Å². The predicted octanol–water partition coefficient (Wildman–Crippen LogP) is 4.44. The molecule has 0 aliphatic heterocycles. The molecule has 0 radical (unpaired) electrons. The van der Waals surface area contributed by atoms with Gasteiger partial charge in [0.15, 0.2) is 0 Å². The van der Waals surface area contributed by atoms with E-state index >= 15 is 0 Å². The molecule has 3 aromatic rings. The number of hydrogen-bond donors (Lipinski definition) is 2. The van der Waals surface area contributed by atoms with E-state index < -0.39 is 6.04 Å². The molecule has 0 bridgehead atoms. The topological polar surface area (TPSA) is 54.0 Å². The van der Waals surface area contributed by atoms with Crippen molar-refractivity contribution in [3.8, 4) is 0 Å².